The molecule has 2 atom stereocenters. The summed E-state index contributed by atoms with van der Waals surface area (Å²) in [5.41, 5.74) is 2.50. The molecule has 0 fully saturated rings. The monoisotopic (exact) mass is 294 g/mol. The maximum Gasteiger partial charge on any atom is 0.120 e. The number of ether oxygens (including phenoxy) is 2. The Balaban J connectivity index is 1.55. The molecule has 2 unspecified atom stereocenters. The van der Waals surface area contributed by atoms with Crippen molar-refractivity contribution in [2.75, 3.05) is 0 Å². The van der Waals surface area contributed by atoms with E-state index in [2.05, 4.69) is 50.3 Å². The van der Waals surface area contributed by atoms with Crippen LogP contribution in [0.25, 0.3) is 0 Å². The number of hydrogen-bond donors (Lipinski definition) is 0. The summed E-state index contributed by atoms with van der Waals surface area (Å²) in [5, 5.41) is 0. The minimum atomic E-state index is 0.139. The first-order chi connectivity index (χ1) is 10.7. The Morgan fingerprint density at radius 1 is 0.636 bits per heavy atom. The van der Waals surface area contributed by atoms with Gasteiger partial charge in [0.15, 0.2) is 0 Å². The first-order valence-corrected chi connectivity index (χ1v) is 7.84. The molecular formula is C20H22O2. The highest BCUT2D eigenvalue weighted by atomic mass is 16.5. The Morgan fingerprint density at radius 2 is 1.00 bits per heavy atom. The molecule has 0 radical (unpaired) electrons. The van der Waals surface area contributed by atoms with Crippen molar-refractivity contribution in [3.63, 3.8) is 0 Å². The average molecular weight is 294 g/mol. The van der Waals surface area contributed by atoms with Crippen LogP contribution in [0, 0.1) is 13.8 Å². The lowest BCUT2D eigenvalue weighted by molar-refractivity contribution is 0.173. The summed E-state index contributed by atoms with van der Waals surface area (Å²) in [6.07, 6.45) is 6.45. The van der Waals surface area contributed by atoms with E-state index in [-0.39, 0.29) is 12.2 Å². The molecular weight excluding hydrogens is 272 g/mol. The number of hydrogen-bond acceptors (Lipinski definition) is 2. The van der Waals surface area contributed by atoms with E-state index < -0.39 is 0 Å². The van der Waals surface area contributed by atoms with Crippen LogP contribution in [-0.2, 0) is 0 Å². The molecule has 2 nitrogen and oxygen atoms in total. The fourth-order valence-electron chi connectivity index (χ4n) is 2.55. The predicted octanol–water partition coefficient (Wildman–Crippen LogP) is 4.85. The van der Waals surface area contributed by atoms with Crippen LogP contribution in [-0.4, -0.2) is 12.2 Å². The van der Waals surface area contributed by atoms with Gasteiger partial charge in [-0.3, -0.25) is 0 Å². The molecule has 22 heavy (non-hydrogen) atoms. The maximum atomic E-state index is 5.98. The fraction of sp³-hybridized carbons (Fsp3) is 0.300. The molecule has 0 saturated carbocycles. The summed E-state index contributed by atoms with van der Waals surface area (Å²) in [5.74, 6) is 1.86. The van der Waals surface area contributed by atoms with Crippen LogP contribution < -0.4 is 9.47 Å². The number of rotatable bonds is 4. The molecule has 0 aliphatic heterocycles. The van der Waals surface area contributed by atoms with Gasteiger partial charge in [-0.15, -0.1) is 0 Å². The van der Waals surface area contributed by atoms with Crippen molar-refractivity contribution in [3.05, 3.63) is 71.8 Å². The largest absolute Gasteiger partial charge is 0.486 e. The van der Waals surface area contributed by atoms with Gasteiger partial charge in [-0.05, 0) is 63.1 Å². The summed E-state index contributed by atoms with van der Waals surface area (Å²) in [4.78, 5) is 0. The molecule has 1 aliphatic carbocycles. The Labute approximate surface area is 132 Å². The highest BCUT2D eigenvalue weighted by molar-refractivity contribution is 5.28. The molecule has 0 spiro atoms. The third-order valence-electron chi connectivity index (χ3n) is 3.89. The van der Waals surface area contributed by atoms with Gasteiger partial charge < -0.3 is 9.47 Å². The Morgan fingerprint density at radius 3 is 1.32 bits per heavy atom. The van der Waals surface area contributed by atoms with Gasteiger partial charge in [0, 0.05) is 0 Å². The zero-order valence-corrected chi connectivity index (χ0v) is 13.2. The molecule has 0 aromatic heterocycles. The maximum absolute atomic E-state index is 5.98. The van der Waals surface area contributed by atoms with E-state index in [1.54, 1.807) is 0 Å². The van der Waals surface area contributed by atoms with E-state index in [9.17, 15) is 0 Å². The van der Waals surface area contributed by atoms with Crippen molar-refractivity contribution >= 4 is 0 Å². The summed E-state index contributed by atoms with van der Waals surface area (Å²) >= 11 is 0. The van der Waals surface area contributed by atoms with Crippen LogP contribution in [0.15, 0.2) is 60.7 Å². The lowest BCUT2D eigenvalue weighted by Crippen LogP contribution is -2.25. The minimum absolute atomic E-state index is 0.139. The standard InChI is InChI=1S/C20H22O2/c1-15-3-7-17(8-4-15)21-19-11-13-20(14-12-19)22-18-9-5-16(2)6-10-18/h3-11,13,19-20H,12,14H2,1-2H3. The SMILES string of the molecule is Cc1ccc(OC2C=CC(Oc3ccc(C)cc3)CC2)cc1. The lowest BCUT2D eigenvalue weighted by Gasteiger charge is -2.24. The normalized spacial score (nSPS) is 20.6. The zero-order valence-electron chi connectivity index (χ0n) is 13.2. The third-order valence-corrected chi connectivity index (χ3v) is 3.89. The first-order valence-electron chi connectivity index (χ1n) is 7.84. The van der Waals surface area contributed by atoms with E-state index in [0.717, 1.165) is 24.3 Å². The summed E-state index contributed by atoms with van der Waals surface area (Å²) in [6, 6.07) is 16.4. The molecule has 0 bridgehead atoms. The number of aryl methyl sites for hydroxylation is 2. The number of benzene rings is 2. The molecule has 114 valence electrons. The first kappa shape index (κ1) is 14.7. The summed E-state index contributed by atoms with van der Waals surface area (Å²) in [7, 11) is 0. The van der Waals surface area contributed by atoms with Crippen molar-refractivity contribution in [1.82, 2.24) is 0 Å². The van der Waals surface area contributed by atoms with Crippen LogP contribution >= 0.6 is 0 Å². The molecule has 2 heteroatoms. The van der Waals surface area contributed by atoms with Gasteiger partial charge in [0.2, 0.25) is 0 Å². The zero-order chi connectivity index (χ0) is 15.4. The minimum Gasteiger partial charge on any atom is -0.486 e. The van der Waals surface area contributed by atoms with Gasteiger partial charge >= 0.3 is 0 Å². The van der Waals surface area contributed by atoms with Gasteiger partial charge in [-0.1, -0.05) is 35.4 Å². The van der Waals surface area contributed by atoms with Gasteiger partial charge in [-0.25, -0.2) is 0 Å². The highest BCUT2D eigenvalue weighted by Crippen LogP contribution is 2.23. The van der Waals surface area contributed by atoms with Crippen LogP contribution in [0.1, 0.15) is 24.0 Å². The van der Waals surface area contributed by atoms with Crippen molar-refractivity contribution in [2.24, 2.45) is 0 Å². The lowest BCUT2D eigenvalue weighted by atomic mass is 10.0. The second kappa shape index (κ2) is 6.69. The molecule has 0 saturated heterocycles. The quantitative estimate of drug-likeness (QED) is 0.751. The van der Waals surface area contributed by atoms with Crippen molar-refractivity contribution in [1.29, 1.82) is 0 Å². The topological polar surface area (TPSA) is 18.5 Å². The van der Waals surface area contributed by atoms with E-state index in [4.69, 9.17) is 9.47 Å². The van der Waals surface area contributed by atoms with Gasteiger partial charge in [0.05, 0.1) is 0 Å². The van der Waals surface area contributed by atoms with E-state index in [1.807, 2.05) is 24.3 Å². The molecule has 0 amide bonds. The Hall–Kier alpha value is -2.22. The van der Waals surface area contributed by atoms with E-state index >= 15 is 0 Å². The smallest absolute Gasteiger partial charge is 0.120 e. The highest BCUT2D eigenvalue weighted by Gasteiger charge is 2.18. The molecule has 3 rings (SSSR count). The van der Waals surface area contributed by atoms with Crippen molar-refractivity contribution < 1.29 is 9.47 Å². The Kier molecular flexibility index (Phi) is 4.47. The van der Waals surface area contributed by atoms with Crippen molar-refractivity contribution in [3.8, 4) is 11.5 Å². The predicted molar refractivity (Wildman–Crippen MR) is 89.6 cm³/mol. The average Bonchev–Trinajstić information content (AvgIpc) is 2.54. The van der Waals surface area contributed by atoms with E-state index in [0.29, 0.717) is 0 Å². The van der Waals surface area contributed by atoms with Gasteiger partial charge in [-0.2, -0.15) is 0 Å². The Bertz CT molecular complexity index is 568. The summed E-state index contributed by atoms with van der Waals surface area (Å²) in [6.45, 7) is 4.16. The molecule has 2 aromatic carbocycles. The second-order valence-corrected chi connectivity index (χ2v) is 5.90. The van der Waals surface area contributed by atoms with Gasteiger partial charge in [0.25, 0.3) is 0 Å². The molecule has 1 aliphatic rings. The second-order valence-electron chi connectivity index (χ2n) is 5.90. The fourth-order valence-corrected chi connectivity index (χ4v) is 2.55. The van der Waals surface area contributed by atoms with Crippen LogP contribution in [0.2, 0.25) is 0 Å². The molecule has 2 aromatic rings. The van der Waals surface area contributed by atoms with Crippen LogP contribution in [0.4, 0.5) is 0 Å². The third kappa shape index (κ3) is 3.91. The van der Waals surface area contributed by atoms with Gasteiger partial charge in [0.1, 0.15) is 23.7 Å². The van der Waals surface area contributed by atoms with Crippen molar-refractivity contribution in [2.45, 2.75) is 38.9 Å². The van der Waals surface area contributed by atoms with E-state index in [1.165, 1.54) is 11.1 Å². The van der Waals surface area contributed by atoms with Crippen LogP contribution in [0.5, 0.6) is 11.5 Å². The van der Waals surface area contributed by atoms with Crippen LogP contribution in [0.3, 0.4) is 0 Å². The summed E-state index contributed by atoms with van der Waals surface area (Å²) < 4.78 is 12.0. The molecule has 0 N–H and O–H groups in total. The molecule has 0 heterocycles.